The third kappa shape index (κ3) is 2.38. The van der Waals surface area contributed by atoms with Crippen molar-refractivity contribution in [3.8, 4) is 0 Å². The first-order valence-electron chi connectivity index (χ1n) is 10.2. The lowest BCUT2D eigenvalue weighted by Crippen LogP contribution is -2.57. The van der Waals surface area contributed by atoms with Crippen LogP contribution in [0.4, 0.5) is 0 Å². The zero-order valence-corrected chi connectivity index (χ0v) is 16.8. The Morgan fingerprint density at radius 1 is 1.29 bits per heavy atom. The molecule has 28 heavy (non-hydrogen) atoms. The van der Waals surface area contributed by atoms with Crippen LogP contribution in [-0.4, -0.2) is 34.9 Å². The number of fused-ring (bicyclic) bond motifs is 5. The normalized spacial score (nSPS) is 41.4. The Balaban J connectivity index is 1.78. The molecule has 4 aliphatic rings. The molecule has 1 N–H and O–H groups in total. The number of hydrogen-bond acceptors (Lipinski definition) is 5. The summed E-state index contributed by atoms with van der Waals surface area (Å²) < 4.78 is 5.70. The maximum Gasteiger partial charge on any atom is 0.303 e. The van der Waals surface area contributed by atoms with Gasteiger partial charge in [0, 0.05) is 17.8 Å². The molecule has 0 aromatic heterocycles. The third-order valence-corrected chi connectivity index (χ3v) is 7.98. The molecule has 2 fully saturated rings. The van der Waals surface area contributed by atoms with E-state index >= 15 is 0 Å². The molecule has 5 heteroatoms. The SMILES string of the molecule is CC(=O)O[C@]1(C(=O)CO)CC[C@H]2[C@@H]3CCC4=CC(=O)C=C[C@]4(C)C3=CC[C@@]21C. The summed E-state index contributed by atoms with van der Waals surface area (Å²) in [7, 11) is 0. The number of esters is 1. The van der Waals surface area contributed by atoms with Gasteiger partial charge in [0.25, 0.3) is 0 Å². The van der Waals surface area contributed by atoms with Crippen LogP contribution in [0.2, 0.25) is 0 Å². The molecule has 4 rings (SSSR count). The van der Waals surface area contributed by atoms with Gasteiger partial charge in [-0.1, -0.05) is 30.2 Å². The second-order valence-corrected chi connectivity index (χ2v) is 9.18. The maximum absolute atomic E-state index is 12.8. The van der Waals surface area contributed by atoms with E-state index in [1.54, 1.807) is 12.2 Å². The minimum atomic E-state index is -1.25. The van der Waals surface area contributed by atoms with Crippen LogP contribution in [0.1, 0.15) is 52.9 Å². The molecular weight excluding hydrogens is 356 g/mol. The van der Waals surface area contributed by atoms with Crippen molar-refractivity contribution < 1.29 is 24.2 Å². The van der Waals surface area contributed by atoms with Gasteiger partial charge in [0.2, 0.25) is 5.78 Å². The zero-order chi connectivity index (χ0) is 20.3. The van der Waals surface area contributed by atoms with Crippen LogP contribution in [0.15, 0.2) is 35.5 Å². The van der Waals surface area contributed by atoms with Gasteiger partial charge in [-0.25, -0.2) is 0 Å². The Kier molecular flexibility index (Phi) is 4.31. The van der Waals surface area contributed by atoms with E-state index in [1.165, 1.54) is 18.1 Å². The highest BCUT2D eigenvalue weighted by molar-refractivity contribution is 6.01. The Labute approximate surface area is 165 Å². The van der Waals surface area contributed by atoms with Gasteiger partial charge < -0.3 is 9.84 Å². The lowest BCUT2D eigenvalue weighted by Gasteiger charge is -2.54. The van der Waals surface area contributed by atoms with Crippen molar-refractivity contribution >= 4 is 17.5 Å². The van der Waals surface area contributed by atoms with E-state index in [0.29, 0.717) is 12.8 Å². The molecule has 0 radical (unpaired) electrons. The number of Topliss-reactive ketones (excluding diaryl/α,β-unsaturated/α-hetero) is 1. The number of allylic oxidation sites excluding steroid dienone is 6. The van der Waals surface area contributed by atoms with Crippen molar-refractivity contribution in [1.29, 1.82) is 0 Å². The van der Waals surface area contributed by atoms with Gasteiger partial charge in [0.15, 0.2) is 11.4 Å². The van der Waals surface area contributed by atoms with Crippen molar-refractivity contribution in [2.24, 2.45) is 22.7 Å². The van der Waals surface area contributed by atoms with Crippen LogP contribution in [0.25, 0.3) is 0 Å². The van der Waals surface area contributed by atoms with Crippen LogP contribution in [0, 0.1) is 22.7 Å². The van der Waals surface area contributed by atoms with E-state index in [-0.39, 0.29) is 23.0 Å². The van der Waals surface area contributed by atoms with Gasteiger partial charge in [-0.05, 0) is 63.0 Å². The molecule has 0 aromatic rings. The van der Waals surface area contributed by atoms with Gasteiger partial charge in [-0.3, -0.25) is 14.4 Å². The fraction of sp³-hybridized carbons (Fsp3) is 0.609. The predicted octanol–water partition coefficient (Wildman–Crippen LogP) is 3.08. The highest BCUT2D eigenvalue weighted by atomic mass is 16.6. The first kappa shape index (κ1) is 19.3. The molecule has 0 saturated heterocycles. The van der Waals surface area contributed by atoms with Crippen molar-refractivity contribution in [3.63, 3.8) is 0 Å². The highest BCUT2D eigenvalue weighted by Gasteiger charge is 2.66. The minimum Gasteiger partial charge on any atom is -0.451 e. The average molecular weight is 384 g/mol. The Morgan fingerprint density at radius 2 is 2.04 bits per heavy atom. The van der Waals surface area contributed by atoms with Crippen LogP contribution in [0.5, 0.6) is 0 Å². The smallest absolute Gasteiger partial charge is 0.303 e. The zero-order valence-electron chi connectivity index (χ0n) is 16.8. The number of ketones is 2. The predicted molar refractivity (Wildman–Crippen MR) is 103 cm³/mol. The maximum atomic E-state index is 12.8. The van der Waals surface area contributed by atoms with E-state index in [2.05, 4.69) is 13.0 Å². The largest absolute Gasteiger partial charge is 0.451 e. The average Bonchev–Trinajstić information content (AvgIpc) is 2.94. The molecule has 150 valence electrons. The molecule has 0 unspecified atom stereocenters. The number of carbonyl (C=O) groups excluding carboxylic acids is 3. The third-order valence-electron chi connectivity index (χ3n) is 7.98. The van der Waals surface area contributed by atoms with Crippen LogP contribution < -0.4 is 0 Å². The molecule has 0 aliphatic heterocycles. The van der Waals surface area contributed by atoms with Gasteiger partial charge in [0.05, 0.1) is 0 Å². The van der Waals surface area contributed by atoms with E-state index in [4.69, 9.17) is 4.74 Å². The van der Waals surface area contributed by atoms with Crippen LogP contribution in [0.3, 0.4) is 0 Å². The lowest BCUT2D eigenvalue weighted by atomic mass is 9.51. The summed E-state index contributed by atoms with van der Waals surface area (Å²) in [5.74, 6) is -0.340. The molecule has 5 nitrogen and oxygen atoms in total. The molecule has 5 atom stereocenters. The Hall–Kier alpha value is -2.01. The van der Waals surface area contributed by atoms with E-state index in [0.717, 1.165) is 19.3 Å². The molecule has 0 heterocycles. The molecule has 0 aromatic carbocycles. The topological polar surface area (TPSA) is 80.7 Å². The first-order valence-corrected chi connectivity index (χ1v) is 10.2. The van der Waals surface area contributed by atoms with Gasteiger partial charge in [-0.15, -0.1) is 0 Å². The molecule has 2 saturated carbocycles. The Morgan fingerprint density at radius 3 is 2.71 bits per heavy atom. The van der Waals surface area contributed by atoms with Gasteiger partial charge >= 0.3 is 5.97 Å². The summed E-state index contributed by atoms with van der Waals surface area (Å²) in [5, 5.41) is 9.63. The van der Waals surface area contributed by atoms with Gasteiger partial charge in [0.1, 0.15) is 6.61 Å². The molecule has 0 spiro atoms. The summed E-state index contributed by atoms with van der Waals surface area (Å²) in [6, 6.07) is 0. The molecular formula is C23H28O5. The first-order chi connectivity index (χ1) is 13.2. The van der Waals surface area contributed by atoms with Gasteiger partial charge in [-0.2, -0.15) is 0 Å². The quantitative estimate of drug-likeness (QED) is 0.597. The second-order valence-electron chi connectivity index (χ2n) is 9.18. The van der Waals surface area contributed by atoms with E-state index in [1.807, 2.05) is 13.0 Å². The number of aliphatic hydroxyl groups excluding tert-OH is 1. The van der Waals surface area contributed by atoms with E-state index in [9.17, 15) is 19.5 Å². The number of rotatable bonds is 3. The van der Waals surface area contributed by atoms with Crippen LogP contribution >= 0.6 is 0 Å². The summed E-state index contributed by atoms with van der Waals surface area (Å²) in [6.45, 7) is 4.93. The summed E-state index contributed by atoms with van der Waals surface area (Å²) in [5.41, 5.74) is 0.466. The standard InChI is InChI=1S/C23H28O5/c1-14(25)28-23(20(27)13-24)11-8-19-17-5-4-15-12-16(26)6-9-21(15,2)18(17)7-10-22(19,23)3/h6-7,9,12,17,19,24H,4-5,8,10-11,13H2,1-3H3/t17-,19+,21+,22+,23+/m1/s1. The number of carbonyl (C=O) groups is 3. The fourth-order valence-electron chi connectivity index (χ4n) is 6.57. The molecule has 0 amide bonds. The van der Waals surface area contributed by atoms with E-state index < -0.39 is 29.4 Å². The monoisotopic (exact) mass is 384 g/mol. The molecule has 0 bridgehead atoms. The summed E-state index contributed by atoms with van der Waals surface area (Å²) in [4.78, 5) is 36.5. The number of ether oxygens (including phenoxy) is 1. The number of aliphatic hydroxyl groups is 1. The summed E-state index contributed by atoms with van der Waals surface area (Å²) in [6.07, 6.45) is 11.3. The van der Waals surface area contributed by atoms with Crippen molar-refractivity contribution in [3.05, 3.63) is 35.5 Å². The lowest BCUT2D eigenvalue weighted by molar-refractivity contribution is -0.182. The highest BCUT2D eigenvalue weighted by Crippen LogP contribution is 2.65. The van der Waals surface area contributed by atoms with Crippen molar-refractivity contribution in [1.82, 2.24) is 0 Å². The minimum absolute atomic E-state index is 0.0513. The Bertz CT molecular complexity index is 849. The van der Waals surface area contributed by atoms with Crippen molar-refractivity contribution in [2.45, 2.75) is 58.5 Å². The number of hydrogen-bond donors (Lipinski definition) is 1. The van der Waals surface area contributed by atoms with Crippen molar-refractivity contribution in [2.75, 3.05) is 6.61 Å². The fourth-order valence-corrected chi connectivity index (χ4v) is 6.57. The summed E-state index contributed by atoms with van der Waals surface area (Å²) >= 11 is 0. The second kappa shape index (κ2) is 6.24. The van der Waals surface area contributed by atoms with Crippen LogP contribution in [-0.2, 0) is 19.1 Å². The molecule has 4 aliphatic carbocycles.